The topological polar surface area (TPSA) is 78.4 Å². The van der Waals surface area contributed by atoms with E-state index < -0.39 is 17.4 Å². The van der Waals surface area contributed by atoms with Crippen molar-refractivity contribution in [2.45, 2.75) is 23.3 Å². The number of anilines is 1. The molecule has 130 valence electrons. The molecule has 1 aliphatic rings. The second-order valence-electron chi connectivity index (χ2n) is 6.03. The summed E-state index contributed by atoms with van der Waals surface area (Å²) in [5, 5.41) is 16.0. The number of hydrogen-bond donors (Lipinski definition) is 3. The molecule has 1 aliphatic carbocycles. The number of amides is 2. The number of fused-ring (bicyclic) bond motifs is 1. The lowest BCUT2D eigenvalue weighted by Crippen LogP contribution is -2.43. The van der Waals surface area contributed by atoms with E-state index in [1.165, 1.54) is 11.8 Å². The summed E-state index contributed by atoms with van der Waals surface area (Å²) < 4.78 is 0. The Bertz CT molecular complexity index is 809. The zero-order chi connectivity index (χ0) is 17.9. The van der Waals surface area contributed by atoms with Gasteiger partial charge in [0.15, 0.2) is 0 Å². The van der Waals surface area contributed by atoms with Crippen LogP contribution in [0.25, 0.3) is 0 Å². The van der Waals surface area contributed by atoms with Gasteiger partial charge >= 0.3 is 11.8 Å². The van der Waals surface area contributed by atoms with E-state index in [4.69, 9.17) is 0 Å². The predicted octanol–water partition coefficient (Wildman–Crippen LogP) is 2.30. The number of aliphatic hydroxyl groups is 1. The number of hydrogen-bond acceptors (Lipinski definition) is 4. The molecule has 0 bridgehead atoms. The van der Waals surface area contributed by atoms with Crippen LogP contribution in [0, 0.1) is 0 Å². The lowest BCUT2D eigenvalue weighted by atomic mass is 9.96. The Morgan fingerprint density at radius 2 is 1.84 bits per heavy atom. The van der Waals surface area contributed by atoms with Gasteiger partial charge in [0.25, 0.3) is 0 Å². The van der Waals surface area contributed by atoms with Crippen LogP contribution < -0.4 is 10.6 Å². The lowest BCUT2D eigenvalue weighted by Gasteiger charge is -2.24. The fraction of sp³-hybridized carbons (Fsp3) is 0.263. The molecule has 25 heavy (non-hydrogen) atoms. The summed E-state index contributed by atoms with van der Waals surface area (Å²) in [6, 6.07) is 14.9. The third-order valence-electron chi connectivity index (χ3n) is 4.43. The largest absolute Gasteiger partial charge is 0.383 e. The van der Waals surface area contributed by atoms with E-state index in [1.54, 1.807) is 12.1 Å². The summed E-state index contributed by atoms with van der Waals surface area (Å²) in [5.41, 5.74) is 1.38. The van der Waals surface area contributed by atoms with Gasteiger partial charge in [-0.15, -0.1) is 11.8 Å². The highest BCUT2D eigenvalue weighted by Crippen LogP contribution is 2.36. The van der Waals surface area contributed by atoms with E-state index >= 15 is 0 Å². The first-order valence-electron chi connectivity index (χ1n) is 8.06. The number of carbonyl (C=O) groups excluding carboxylic acids is 2. The zero-order valence-corrected chi connectivity index (χ0v) is 14.7. The molecule has 1 atom stereocenters. The van der Waals surface area contributed by atoms with Crippen LogP contribution in [0.3, 0.4) is 0 Å². The van der Waals surface area contributed by atoms with Crippen LogP contribution in [-0.4, -0.2) is 29.7 Å². The van der Waals surface area contributed by atoms with Crippen LogP contribution in [0.2, 0.25) is 0 Å². The van der Waals surface area contributed by atoms with Gasteiger partial charge in [-0.05, 0) is 42.4 Å². The molecule has 0 fully saturated rings. The Kier molecular flexibility index (Phi) is 5.11. The molecule has 2 aromatic rings. The molecule has 0 spiro atoms. The third-order valence-corrected chi connectivity index (χ3v) is 5.23. The van der Waals surface area contributed by atoms with Gasteiger partial charge in [0.05, 0.1) is 12.2 Å². The number of benzene rings is 2. The summed E-state index contributed by atoms with van der Waals surface area (Å²) in [7, 11) is 0. The third kappa shape index (κ3) is 3.70. The Morgan fingerprint density at radius 3 is 2.64 bits per heavy atom. The fourth-order valence-electron chi connectivity index (χ4n) is 3.09. The van der Waals surface area contributed by atoms with Crippen molar-refractivity contribution in [3.05, 3.63) is 59.7 Å². The van der Waals surface area contributed by atoms with Crippen LogP contribution in [0.4, 0.5) is 5.69 Å². The van der Waals surface area contributed by atoms with E-state index in [0.717, 1.165) is 22.4 Å². The first kappa shape index (κ1) is 17.5. The Labute approximate surface area is 150 Å². The van der Waals surface area contributed by atoms with Gasteiger partial charge in [-0.2, -0.15) is 0 Å². The van der Waals surface area contributed by atoms with Crippen molar-refractivity contribution in [2.24, 2.45) is 0 Å². The van der Waals surface area contributed by atoms with Gasteiger partial charge in [-0.1, -0.05) is 36.4 Å². The number of thioether (sulfide) groups is 1. The maximum Gasteiger partial charge on any atom is 0.313 e. The van der Waals surface area contributed by atoms with E-state index in [2.05, 4.69) is 10.6 Å². The molecule has 0 saturated heterocycles. The molecule has 3 rings (SSSR count). The lowest BCUT2D eigenvalue weighted by molar-refractivity contribution is -0.136. The molecule has 6 heteroatoms. The second kappa shape index (κ2) is 7.29. The van der Waals surface area contributed by atoms with Crippen molar-refractivity contribution in [1.29, 1.82) is 0 Å². The molecule has 0 aliphatic heterocycles. The monoisotopic (exact) mass is 356 g/mol. The normalized spacial score (nSPS) is 18.5. The van der Waals surface area contributed by atoms with Gasteiger partial charge in [0.1, 0.15) is 5.60 Å². The van der Waals surface area contributed by atoms with Crippen molar-refractivity contribution in [3.8, 4) is 0 Å². The zero-order valence-electron chi connectivity index (χ0n) is 13.9. The van der Waals surface area contributed by atoms with Crippen LogP contribution in [0.1, 0.15) is 17.5 Å². The second-order valence-corrected chi connectivity index (χ2v) is 6.87. The smallest absolute Gasteiger partial charge is 0.313 e. The van der Waals surface area contributed by atoms with Crippen molar-refractivity contribution in [2.75, 3.05) is 18.1 Å². The summed E-state index contributed by atoms with van der Waals surface area (Å²) in [6.07, 6.45) is 3.19. The SMILES string of the molecule is CSc1ccccc1NC(=O)C(=O)NC[C@]1(O)CCc2ccccc21. The molecule has 0 aromatic heterocycles. The van der Waals surface area contributed by atoms with E-state index in [9.17, 15) is 14.7 Å². The minimum absolute atomic E-state index is 0.0143. The molecule has 5 nitrogen and oxygen atoms in total. The van der Waals surface area contributed by atoms with Gasteiger partial charge < -0.3 is 15.7 Å². The highest BCUT2D eigenvalue weighted by atomic mass is 32.2. The van der Waals surface area contributed by atoms with Crippen molar-refractivity contribution >= 4 is 29.3 Å². The minimum Gasteiger partial charge on any atom is -0.383 e. The van der Waals surface area contributed by atoms with Crippen LogP contribution in [-0.2, 0) is 21.6 Å². The van der Waals surface area contributed by atoms with Gasteiger partial charge in [0.2, 0.25) is 0 Å². The fourth-order valence-corrected chi connectivity index (χ4v) is 3.64. The summed E-state index contributed by atoms with van der Waals surface area (Å²) in [5.74, 6) is -1.50. The molecular weight excluding hydrogens is 336 g/mol. The predicted molar refractivity (Wildman–Crippen MR) is 98.5 cm³/mol. The number of para-hydroxylation sites is 1. The molecule has 2 aromatic carbocycles. The van der Waals surface area contributed by atoms with Crippen LogP contribution in [0.5, 0.6) is 0 Å². The number of nitrogens with one attached hydrogen (secondary N) is 2. The standard InChI is InChI=1S/C19H20N2O3S/c1-25-16-9-5-4-8-15(16)21-18(23)17(22)20-12-19(24)11-10-13-6-2-3-7-14(13)19/h2-9,24H,10-12H2,1H3,(H,20,22)(H,21,23)/t19-/m1/s1. The van der Waals surface area contributed by atoms with Crippen molar-refractivity contribution in [3.63, 3.8) is 0 Å². The highest BCUT2D eigenvalue weighted by molar-refractivity contribution is 7.98. The van der Waals surface area contributed by atoms with Gasteiger partial charge in [-0.3, -0.25) is 9.59 Å². The molecule has 0 saturated carbocycles. The quantitative estimate of drug-likeness (QED) is 0.580. The van der Waals surface area contributed by atoms with Gasteiger partial charge in [-0.25, -0.2) is 0 Å². The molecule has 0 heterocycles. The van der Waals surface area contributed by atoms with Crippen LogP contribution in [0.15, 0.2) is 53.4 Å². The maximum atomic E-state index is 12.1. The molecule has 3 N–H and O–H groups in total. The van der Waals surface area contributed by atoms with E-state index in [1.807, 2.05) is 42.7 Å². The first-order chi connectivity index (χ1) is 12.0. The van der Waals surface area contributed by atoms with Crippen molar-refractivity contribution < 1.29 is 14.7 Å². The number of aryl methyl sites for hydroxylation is 1. The number of carbonyl (C=O) groups is 2. The first-order valence-corrected chi connectivity index (χ1v) is 9.29. The van der Waals surface area contributed by atoms with Crippen LogP contribution >= 0.6 is 11.8 Å². The molecular formula is C19H20N2O3S. The summed E-state index contributed by atoms with van der Waals surface area (Å²) in [4.78, 5) is 25.1. The number of rotatable bonds is 4. The average molecular weight is 356 g/mol. The molecule has 0 radical (unpaired) electrons. The Hall–Kier alpha value is -2.31. The maximum absolute atomic E-state index is 12.1. The Morgan fingerprint density at radius 1 is 1.12 bits per heavy atom. The Balaban J connectivity index is 1.62. The summed E-state index contributed by atoms with van der Waals surface area (Å²) >= 11 is 1.49. The van der Waals surface area contributed by atoms with E-state index in [-0.39, 0.29) is 6.54 Å². The highest BCUT2D eigenvalue weighted by Gasteiger charge is 2.37. The molecule has 2 amide bonds. The van der Waals surface area contributed by atoms with Gasteiger partial charge in [0, 0.05) is 4.90 Å². The van der Waals surface area contributed by atoms with Crippen molar-refractivity contribution in [1.82, 2.24) is 5.32 Å². The van der Waals surface area contributed by atoms with E-state index in [0.29, 0.717) is 12.1 Å². The molecule has 0 unspecified atom stereocenters. The summed E-state index contributed by atoms with van der Waals surface area (Å²) in [6.45, 7) is 0.0143. The average Bonchev–Trinajstić information content (AvgIpc) is 2.98. The minimum atomic E-state index is -1.12.